The first-order valence-corrected chi connectivity index (χ1v) is 8.80. The van der Waals surface area contributed by atoms with Gasteiger partial charge in [0.25, 0.3) is 0 Å². The first-order valence-electron chi connectivity index (χ1n) is 8.80. The predicted octanol–water partition coefficient (Wildman–Crippen LogP) is 3.09. The summed E-state index contributed by atoms with van der Waals surface area (Å²) in [7, 11) is 0. The number of aliphatic hydroxyl groups is 1. The van der Waals surface area contributed by atoms with Gasteiger partial charge in [-0.05, 0) is 37.2 Å². The Kier molecular flexibility index (Phi) is 5.51. The highest BCUT2D eigenvalue weighted by atomic mass is 16.5. The fourth-order valence-electron chi connectivity index (χ4n) is 4.02. The molecule has 1 aliphatic carbocycles. The molecule has 0 amide bonds. The summed E-state index contributed by atoms with van der Waals surface area (Å²) < 4.78 is 5.47. The highest BCUT2D eigenvalue weighted by Gasteiger charge is 2.34. The van der Waals surface area contributed by atoms with Crippen LogP contribution in [0.3, 0.4) is 0 Å². The van der Waals surface area contributed by atoms with Crippen molar-refractivity contribution >= 4 is 0 Å². The SMILES string of the molecule is OCC1(CNC2CCCCC2c2ccccc2)CCOCC1. The minimum absolute atomic E-state index is 0.0247. The lowest BCUT2D eigenvalue weighted by Gasteiger charge is -2.39. The van der Waals surface area contributed by atoms with Crippen LogP contribution in [0.1, 0.15) is 50.0 Å². The van der Waals surface area contributed by atoms with E-state index in [2.05, 4.69) is 35.6 Å². The fraction of sp³-hybridized carbons (Fsp3) is 0.684. The third-order valence-electron chi connectivity index (χ3n) is 5.62. The molecule has 1 aromatic rings. The zero-order chi connectivity index (χ0) is 15.3. The second kappa shape index (κ2) is 7.58. The fourth-order valence-corrected chi connectivity index (χ4v) is 4.02. The molecular weight excluding hydrogens is 274 g/mol. The van der Waals surface area contributed by atoms with Gasteiger partial charge >= 0.3 is 0 Å². The molecule has 122 valence electrons. The molecule has 3 heteroatoms. The first kappa shape index (κ1) is 16.0. The smallest absolute Gasteiger partial charge is 0.0501 e. The Bertz CT molecular complexity index is 442. The van der Waals surface area contributed by atoms with Crippen LogP contribution in [-0.2, 0) is 4.74 Å². The van der Waals surface area contributed by atoms with Crippen LogP contribution in [-0.4, -0.2) is 37.5 Å². The molecule has 1 saturated carbocycles. The minimum Gasteiger partial charge on any atom is -0.396 e. The number of nitrogens with one attached hydrogen (secondary N) is 1. The summed E-state index contributed by atoms with van der Waals surface area (Å²) in [6.07, 6.45) is 7.11. The summed E-state index contributed by atoms with van der Waals surface area (Å²) in [4.78, 5) is 0. The van der Waals surface area contributed by atoms with Crippen molar-refractivity contribution < 1.29 is 9.84 Å². The molecule has 2 unspecified atom stereocenters. The van der Waals surface area contributed by atoms with Gasteiger partial charge in [0.15, 0.2) is 0 Å². The van der Waals surface area contributed by atoms with Crippen LogP contribution in [0.15, 0.2) is 30.3 Å². The third-order valence-corrected chi connectivity index (χ3v) is 5.62. The van der Waals surface area contributed by atoms with Crippen LogP contribution in [0, 0.1) is 5.41 Å². The van der Waals surface area contributed by atoms with Crippen LogP contribution < -0.4 is 5.32 Å². The van der Waals surface area contributed by atoms with Crippen LogP contribution in [0.5, 0.6) is 0 Å². The predicted molar refractivity (Wildman–Crippen MR) is 89.0 cm³/mol. The number of aliphatic hydroxyl groups excluding tert-OH is 1. The molecule has 1 aromatic carbocycles. The van der Waals surface area contributed by atoms with E-state index in [9.17, 15) is 5.11 Å². The molecule has 3 nitrogen and oxygen atoms in total. The molecule has 22 heavy (non-hydrogen) atoms. The van der Waals surface area contributed by atoms with Crippen molar-refractivity contribution in [1.29, 1.82) is 0 Å². The Balaban J connectivity index is 1.64. The molecule has 2 atom stereocenters. The van der Waals surface area contributed by atoms with E-state index in [1.807, 2.05) is 0 Å². The quantitative estimate of drug-likeness (QED) is 0.878. The second-order valence-electron chi connectivity index (χ2n) is 7.06. The van der Waals surface area contributed by atoms with E-state index >= 15 is 0 Å². The van der Waals surface area contributed by atoms with Crippen molar-refractivity contribution in [3.8, 4) is 0 Å². The normalized spacial score (nSPS) is 28.4. The summed E-state index contributed by atoms with van der Waals surface area (Å²) in [5.41, 5.74) is 1.49. The van der Waals surface area contributed by atoms with Gasteiger partial charge < -0.3 is 15.2 Å². The lowest BCUT2D eigenvalue weighted by Crippen LogP contribution is -2.47. The topological polar surface area (TPSA) is 41.5 Å². The highest BCUT2D eigenvalue weighted by molar-refractivity contribution is 5.22. The van der Waals surface area contributed by atoms with E-state index in [0.29, 0.717) is 12.0 Å². The van der Waals surface area contributed by atoms with Gasteiger partial charge in [-0.2, -0.15) is 0 Å². The van der Waals surface area contributed by atoms with Gasteiger partial charge in [0.2, 0.25) is 0 Å². The molecule has 2 aliphatic rings. The summed E-state index contributed by atoms with van der Waals surface area (Å²) >= 11 is 0. The van der Waals surface area contributed by atoms with E-state index in [1.165, 1.54) is 31.2 Å². The molecule has 1 saturated heterocycles. The molecular formula is C19H29NO2. The van der Waals surface area contributed by atoms with Gasteiger partial charge in [0, 0.05) is 31.2 Å². The Morgan fingerprint density at radius 3 is 2.55 bits per heavy atom. The first-order chi connectivity index (χ1) is 10.8. The van der Waals surface area contributed by atoms with E-state index in [-0.39, 0.29) is 12.0 Å². The van der Waals surface area contributed by atoms with Gasteiger partial charge in [0.05, 0.1) is 6.61 Å². The number of hydrogen-bond acceptors (Lipinski definition) is 3. The van der Waals surface area contributed by atoms with Gasteiger partial charge in [-0.1, -0.05) is 43.2 Å². The molecule has 1 aliphatic heterocycles. The van der Waals surface area contributed by atoms with E-state index in [0.717, 1.165) is 32.6 Å². The number of hydrogen-bond donors (Lipinski definition) is 2. The molecule has 0 radical (unpaired) electrons. The molecule has 0 aromatic heterocycles. The van der Waals surface area contributed by atoms with Crippen LogP contribution >= 0.6 is 0 Å². The molecule has 0 spiro atoms. The third kappa shape index (κ3) is 3.70. The molecule has 2 N–H and O–H groups in total. The van der Waals surface area contributed by atoms with Crippen molar-refractivity contribution in [1.82, 2.24) is 5.32 Å². The maximum atomic E-state index is 9.86. The van der Waals surface area contributed by atoms with E-state index in [1.54, 1.807) is 0 Å². The lowest BCUT2D eigenvalue weighted by atomic mass is 9.77. The van der Waals surface area contributed by atoms with Crippen LogP contribution in [0.2, 0.25) is 0 Å². The van der Waals surface area contributed by atoms with Crippen molar-refractivity contribution in [3.63, 3.8) is 0 Å². The number of rotatable bonds is 5. The van der Waals surface area contributed by atoms with Gasteiger partial charge in [-0.3, -0.25) is 0 Å². The average molecular weight is 303 g/mol. The molecule has 2 fully saturated rings. The van der Waals surface area contributed by atoms with Crippen molar-refractivity contribution in [2.75, 3.05) is 26.4 Å². The summed E-state index contributed by atoms with van der Waals surface area (Å²) in [5.74, 6) is 0.616. The monoisotopic (exact) mass is 303 g/mol. The zero-order valence-corrected chi connectivity index (χ0v) is 13.5. The van der Waals surface area contributed by atoms with Crippen molar-refractivity contribution in [2.24, 2.45) is 5.41 Å². The number of ether oxygens (including phenoxy) is 1. The largest absolute Gasteiger partial charge is 0.396 e. The molecule has 1 heterocycles. The minimum atomic E-state index is 0.0247. The van der Waals surface area contributed by atoms with E-state index < -0.39 is 0 Å². The highest BCUT2D eigenvalue weighted by Crippen LogP contribution is 2.35. The van der Waals surface area contributed by atoms with Gasteiger partial charge in [0.1, 0.15) is 0 Å². The molecule has 3 rings (SSSR count). The average Bonchev–Trinajstić information content (AvgIpc) is 2.62. The summed E-state index contributed by atoms with van der Waals surface area (Å²) in [6, 6.07) is 11.5. The summed E-state index contributed by atoms with van der Waals surface area (Å²) in [5, 5.41) is 13.7. The van der Waals surface area contributed by atoms with Crippen molar-refractivity contribution in [2.45, 2.75) is 50.5 Å². The lowest BCUT2D eigenvalue weighted by molar-refractivity contribution is -0.0173. The van der Waals surface area contributed by atoms with Gasteiger partial charge in [-0.25, -0.2) is 0 Å². The Labute approximate surface area is 134 Å². The molecule has 0 bridgehead atoms. The van der Waals surface area contributed by atoms with Crippen LogP contribution in [0.4, 0.5) is 0 Å². The van der Waals surface area contributed by atoms with Gasteiger partial charge in [-0.15, -0.1) is 0 Å². The maximum absolute atomic E-state index is 9.86. The van der Waals surface area contributed by atoms with Crippen LogP contribution in [0.25, 0.3) is 0 Å². The Morgan fingerprint density at radius 1 is 1.09 bits per heavy atom. The Morgan fingerprint density at radius 2 is 1.82 bits per heavy atom. The Hall–Kier alpha value is -0.900. The van der Waals surface area contributed by atoms with Crippen molar-refractivity contribution in [3.05, 3.63) is 35.9 Å². The van der Waals surface area contributed by atoms with E-state index in [4.69, 9.17) is 4.74 Å². The standard InChI is InChI=1S/C19H29NO2/c21-15-19(10-12-22-13-11-19)14-20-18-9-5-4-8-17(18)16-6-2-1-3-7-16/h1-3,6-7,17-18,20-21H,4-5,8-15H2. The summed E-state index contributed by atoms with van der Waals surface area (Å²) in [6.45, 7) is 2.76. The zero-order valence-electron chi connectivity index (χ0n) is 13.5. The second-order valence-corrected chi connectivity index (χ2v) is 7.06. The number of benzene rings is 1. The maximum Gasteiger partial charge on any atom is 0.0501 e.